The zero-order chi connectivity index (χ0) is 43.2. The van der Waals surface area contributed by atoms with Crippen molar-refractivity contribution in [2.24, 2.45) is 35.5 Å². The molecule has 0 atom stereocenters. The summed E-state index contributed by atoms with van der Waals surface area (Å²) in [4.78, 5) is 25.0. The van der Waals surface area contributed by atoms with Crippen LogP contribution in [-0.2, 0) is 10.8 Å². The molecule has 6 nitrogen and oxygen atoms in total. The lowest BCUT2D eigenvalue weighted by Gasteiger charge is -2.57. The van der Waals surface area contributed by atoms with Crippen LogP contribution in [0.15, 0.2) is 133 Å². The summed E-state index contributed by atoms with van der Waals surface area (Å²) >= 11 is 0. The highest BCUT2D eigenvalue weighted by Crippen LogP contribution is 2.63. The maximum absolute atomic E-state index is 12.5. The molecule has 8 aliphatic carbocycles. The van der Waals surface area contributed by atoms with E-state index in [2.05, 4.69) is 72.8 Å². The van der Waals surface area contributed by atoms with Crippen LogP contribution in [0.1, 0.15) is 109 Å². The monoisotopic (exact) mass is 846 g/mol. The quantitative estimate of drug-likeness (QED) is 0.135. The third-order valence-corrected chi connectivity index (χ3v) is 16.6. The summed E-state index contributed by atoms with van der Waals surface area (Å²) in [5.41, 5.74) is 9.26. The first-order chi connectivity index (χ1) is 31.2. The number of benzene rings is 6. The molecule has 0 unspecified atom stereocenters. The van der Waals surface area contributed by atoms with Crippen LogP contribution < -0.4 is 9.47 Å². The summed E-state index contributed by atoms with van der Waals surface area (Å²) in [5, 5.41) is 20.5. The molecule has 8 aliphatic rings. The summed E-state index contributed by atoms with van der Waals surface area (Å²) in [6.07, 6.45) is 14.4. The van der Waals surface area contributed by atoms with Gasteiger partial charge < -0.3 is 19.7 Å². The molecule has 0 amide bonds. The Kier molecular flexibility index (Phi) is 9.40. The number of rotatable bonds is 11. The summed E-state index contributed by atoms with van der Waals surface area (Å²) < 4.78 is 13.0. The second-order valence-corrected chi connectivity index (χ2v) is 20.8. The van der Waals surface area contributed by atoms with Crippen LogP contribution in [0, 0.1) is 35.5 Å². The topological polar surface area (TPSA) is 93.1 Å². The minimum absolute atomic E-state index is 0.0586. The van der Waals surface area contributed by atoms with E-state index in [9.17, 15) is 19.8 Å². The molecule has 6 aromatic carbocycles. The number of carbonyl (C=O) groups is 2. The maximum Gasteiger partial charge on any atom is 0.335 e. The molecule has 8 fully saturated rings. The van der Waals surface area contributed by atoms with Gasteiger partial charge in [-0.15, -0.1) is 0 Å². The van der Waals surface area contributed by atoms with Gasteiger partial charge in [-0.2, -0.15) is 0 Å². The second kappa shape index (κ2) is 15.3. The van der Waals surface area contributed by atoms with Gasteiger partial charge in [-0.1, -0.05) is 72.8 Å². The van der Waals surface area contributed by atoms with Gasteiger partial charge in [-0.05, 0) is 229 Å². The Hall–Kier alpha value is -6.14. The Morgan fingerprint density at radius 2 is 0.688 bits per heavy atom. The van der Waals surface area contributed by atoms with Crippen molar-refractivity contribution < 1.29 is 29.3 Å². The van der Waals surface area contributed by atoms with Crippen LogP contribution in [-0.4, -0.2) is 22.2 Å². The molecule has 14 rings (SSSR count). The zero-order valence-corrected chi connectivity index (χ0v) is 36.2. The Morgan fingerprint density at radius 3 is 1.00 bits per heavy atom. The minimum Gasteiger partial charge on any atom is -0.478 e. The molecular formula is C58H54O6. The maximum atomic E-state index is 12.5. The van der Waals surface area contributed by atoms with Crippen molar-refractivity contribution in [1.29, 1.82) is 0 Å². The molecule has 322 valence electrons. The molecule has 0 heterocycles. The first kappa shape index (κ1) is 39.5. The molecule has 8 saturated carbocycles. The van der Waals surface area contributed by atoms with E-state index in [0.717, 1.165) is 83.0 Å². The fourth-order valence-electron chi connectivity index (χ4n) is 14.9. The SMILES string of the molecule is O=C(O)c1ccc(Oc2ccc(-c3ccccc3-c3ccccc3-c3ccc(Oc4ccc(C(=O)O)c(C56CC7CC(CC(C7)C5)C6)c4)cc3)cc2)cc1C12CC3CC(CC(C3)C1)C2. The van der Waals surface area contributed by atoms with Crippen molar-refractivity contribution in [3.05, 3.63) is 156 Å². The van der Waals surface area contributed by atoms with E-state index in [4.69, 9.17) is 9.47 Å². The Balaban J connectivity index is 0.789. The molecule has 0 saturated heterocycles. The van der Waals surface area contributed by atoms with Crippen molar-refractivity contribution in [3.63, 3.8) is 0 Å². The van der Waals surface area contributed by atoms with E-state index in [1.807, 2.05) is 48.5 Å². The predicted molar refractivity (Wildman–Crippen MR) is 249 cm³/mol. The van der Waals surface area contributed by atoms with Crippen molar-refractivity contribution in [1.82, 2.24) is 0 Å². The standard InChI is InChI=1S/C58H54O6/c59-55(60)51-19-17-45(27-53(51)57-29-35-21-36(30-57)23-37(22-35)31-57)63-43-13-9-41(10-14-43)47-5-1-3-7-49(47)50-8-4-2-6-48(50)42-11-15-44(16-12-42)64-46-18-20-52(56(61)62)54(28-46)58-32-38-24-39(33-58)26-40(25-38)34-58/h1-20,27-28,35-40H,21-26,29-34H2,(H,59,60)(H,61,62). The van der Waals surface area contributed by atoms with Gasteiger partial charge in [0.05, 0.1) is 11.1 Å². The number of carboxylic acid groups (broad SMARTS) is 2. The Morgan fingerprint density at radius 1 is 0.391 bits per heavy atom. The highest BCUT2D eigenvalue weighted by atomic mass is 16.5. The predicted octanol–water partition coefficient (Wildman–Crippen LogP) is 14.6. The Bertz CT molecular complexity index is 2540. The van der Waals surface area contributed by atoms with Gasteiger partial charge in [-0.25, -0.2) is 9.59 Å². The highest BCUT2D eigenvalue weighted by Gasteiger charge is 2.54. The molecule has 0 aliphatic heterocycles. The van der Waals surface area contributed by atoms with Crippen LogP contribution in [0.5, 0.6) is 23.0 Å². The van der Waals surface area contributed by atoms with Gasteiger partial charge in [0.1, 0.15) is 23.0 Å². The Labute approximate surface area is 375 Å². The lowest BCUT2D eigenvalue weighted by Crippen LogP contribution is -2.49. The lowest BCUT2D eigenvalue weighted by atomic mass is 9.47. The molecule has 8 bridgehead atoms. The number of hydrogen-bond acceptors (Lipinski definition) is 4. The fraction of sp³-hybridized carbons (Fsp3) is 0.345. The van der Waals surface area contributed by atoms with Crippen molar-refractivity contribution in [2.75, 3.05) is 0 Å². The van der Waals surface area contributed by atoms with Crippen LogP contribution in [0.2, 0.25) is 0 Å². The molecule has 2 N–H and O–H groups in total. The molecular weight excluding hydrogens is 793 g/mol. The van der Waals surface area contributed by atoms with Gasteiger partial charge in [0.15, 0.2) is 0 Å². The number of ether oxygens (including phenoxy) is 2. The zero-order valence-electron chi connectivity index (χ0n) is 36.2. The van der Waals surface area contributed by atoms with Crippen molar-refractivity contribution in [3.8, 4) is 56.4 Å². The number of hydrogen-bond donors (Lipinski definition) is 2. The highest BCUT2D eigenvalue weighted by molar-refractivity contribution is 5.92. The average Bonchev–Trinajstić information content (AvgIpc) is 3.28. The first-order valence-corrected chi connectivity index (χ1v) is 23.7. The van der Waals surface area contributed by atoms with E-state index < -0.39 is 11.9 Å². The van der Waals surface area contributed by atoms with Crippen LogP contribution in [0.4, 0.5) is 0 Å². The first-order valence-electron chi connectivity index (χ1n) is 23.7. The van der Waals surface area contributed by atoms with E-state index in [0.29, 0.717) is 69.6 Å². The van der Waals surface area contributed by atoms with Gasteiger partial charge in [-0.3, -0.25) is 0 Å². The number of aromatic carboxylic acids is 2. The van der Waals surface area contributed by atoms with Crippen LogP contribution >= 0.6 is 0 Å². The summed E-state index contributed by atoms with van der Waals surface area (Å²) in [5.74, 6) is 5.36. The molecule has 6 aromatic rings. The van der Waals surface area contributed by atoms with Crippen LogP contribution in [0.3, 0.4) is 0 Å². The normalized spacial score (nSPS) is 28.2. The molecule has 0 radical (unpaired) electrons. The second-order valence-electron chi connectivity index (χ2n) is 20.8. The van der Waals surface area contributed by atoms with Gasteiger partial charge in [0, 0.05) is 0 Å². The summed E-state index contributed by atoms with van der Waals surface area (Å²) in [6, 6.07) is 44.6. The lowest BCUT2D eigenvalue weighted by molar-refractivity contribution is -0.00595. The fourth-order valence-corrected chi connectivity index (χ4v) is 14.9. The molecule has 6 heteroatoms. The summed E-state index contributed by atoms with van der Waals surface area (Å²) in [7, 11) is 0. The molecule has 0 aromatic heterocycles. The van der Waals surface area contributed by atoms with Gasteiger partial charge in [0.25, 0.3) is 0 Å². The van der Waals surface area contributed by atoms with E-state index in [1.165, 1.54) is 38.5 Å². The third kappa shape index (κ3) is 6.92. The molecule has 0 spiro atoms. The largest absolute Gasteiger partial charge is 0.478 e. The smallest absolute Gasteiger partial charge is 0.335 e. The van der Waals surface area contributed by atoms with Crippen LogP contribution in [0.25, 0.3) is 33.4 Å². The summed E-state index contributed by atoms with van der Waals surface area (Å²) in [6.45, 7) is 0. The van der Waals surface area contributed by atoms with E-state index in [-0.39, 0.29) is 10.8 Å². The van der Waals surface area contributed by atoms with Crippen molar-refractivity contribution in [2.45, 2.75) is 87.9 Å². The van der Waals surface area contributed by atoms with Gasteiger partial charge >= 0.3 is 11.9 Å². The average molecular weight is 847 g/mol. The molecule has 64 heavy (non-hydrogen) atoms. The van der Waals surface area contributed by atoms with E-state index in [1.54, 1.807) is 12.1 Å². The van der Waals surface area contributed by atoms with Gasteiger partial charge in [0.2, 0.25) is 0 Å². The number of carboxylic acids is 2. The van der Waals surface area contributed by atoms with Crippen molar-refractivity contribution >= 4 is 11.9 Å². The minimum atomic E-state index is -0.852. The third-order valence-electron chi connectivity index (χ3n) is 16.6. The van der Waals surface area contributed by atoms with E-state index >= 15 is 0 Å².